The summed E-state index contributed by atoms with van der Waals surface area (Å²) < 4.78 is 13.8. The second-order valence-electron chi connectivity index (χ2n) is 10.1. The van der Waals surface area contributed by atoms with Crippen LogP contribution in [0, 0.1) is 0 Å². The van der Waals surface area contributed by atoms with E-state index in [4.69, 9.17) is 26.1 Å². The molecule has 0 N–H and O–H groups in total. The van der Waals surface area contributed by atoms with Crippen LogP contribution in [0.1, 0.15) is 35.2 Å². The summed E-state index contributed by atoms with van der Waals surface area (Å²) in [6.45, 7) is 2.24. The van der Waals surface area contributed by atoms with Crippen molar-refractivity contribution in [2.75, 3.05) is 12.9 Å². The van der Waals surface area contributed by atoms with Crippen molar-refractivity contribution in [2.45, 2.75) is 24.5 Å². The Balaban J connectivity index is 1.52. The quantitative estimate of drug-likeness (QED) is 0.128. The molecule has 0 amide bonds. The number of aromatic nitrogens is 1. The molecule has 45 heavy (non-hydrogen) atoms. The average molecular weight is 653 g/mol. The molecule has 1 aromatic heterocycles. The summed E-state index contributed by atoms with van der Waals surface area (Å²) in [7, 11) is 0. The number of thiazole rings is 1. The number of ether oxygens (including phenoxy) is 2. The Morgan fingerprint density at radius 3 is 2.42 bits per heavy atom. The third-order valence-electron chi connectivity index (χ3n) is 7.35. The maximum absolute atomic E-state index is 14.3. The molecule has 2 heterocycles. The molecule has 0 radical (unpaired) electrons. The van der Waals surface area contributed by atoms with Crippen molar-refractivity contribution >= 4 is 52.4 Å². The van der Waals surface area contributed by atoms with Gasteiger partial charge >= 0.3 is 5.97 Å². The van der Waals surface area contributed by atoms with Gasteiger partial charge < -0.3 is 9.47 Å². The number of esters is 1. The number of thioether (sulfide) groups is 1. The zero-order chi connectivity index (χ0) is 31.3. The summed E-state index contributed by atoms with van der Waals surface area (Å²) in [5.74, 6) is 0.108. The molecule has 0 saturated carbocycles. The van der Waals surface area contributed by atoms with Crippen LogP contribution in [0.2, 0.25) is 5.02 Å². The normalized spacial score (nSPS) is 14.6. The third kappa shape index (κ3) is 6.40. The average Bonchev–Trinajstić information content (AvgIpc) is 3.38. The van der Waals surface area contributed by atoms with Gasteiger partial charge in [0.05, 0.1) is 28.5 Å². The van der Waals surface area contributed by atoms with Gasteiger partial charge in [-0.05, 0) is 49.1 Å². The van der Waals surface area contributed by atoms with Gasteiger partial charge in [0.15, 0.2) is 4.80 Å². The van der Waals surface area contributed by atoms with Crippen LogP contribution >= 0.6 is 34.7 Å². The number of hydrogen-bond donors (Lipinski definition) is 0. The highest BCUT2D eigenvalue weighted by Crippen LogP contribution is 2.35. The van der Waals surface area contributed by atoms with Crippen LogP contribution in [0.25, 0.3) is 11.8 Å². The zero-order valence-corrected chi connectivity index (χ0v) is 27.0. The van der Waals surface area contributed by atoms with E-state index in [0.29, 0.717) is 31.4 Å². The lowest BCUT2D eigenvalue weighted by molar-refractivity contribution is -0.138. The van der Waals surface area contributed by atoms with Crippen molar-refractivity contribution < 1.29 is 14.3 Å². The van der Waals surface area contributed by atoms with E-state index in [-0.39, 0.29) is 18.8 Å². The van der Waals surface area contributed by atoms with Gasteiger partial charge in [-0.3, -0.25) is 9.36 Å². The number of para-hydroxylation sites is 1. The summed E-state index contributed by atoms with van der Waals surface area (Å²) in [6, 6.07) is 31.8. The second kappa shape index (κ2) is 13.7. The molecule has 4 aromatic carbocycles. The fraction of sp³-hybridized carbons (Fsp3) is 0.139. The van der Waals surface area contributed by atoms with Gasteiger partial charge in [0.2, 0.25) is 0 Å². The Morgan fingerprint density at radius 1 is 0.978 bits per heavy atom. The Labute approximate surface area is 274 Å². The molecule has 226 valence electrons. The summed E-state index contributed by atoms with van der Waals surface area (Å²) in [6.07, 6.45) is 3.82. The van der Waals surface area contributed by atoms with Crippen molar-refractivity contribution in [3.63, 3.8) is 0 Å². The number of carbonyl (C=O) groups is 1. The van der Waals surface area contributed by atoms with Crippen LogP contribution in [0.4, 0.5) is 0 Å². The first-order valence-corrected chi connectivity index (χ1v) is 16.8. The summed E-state index contributed by atoms with van der Waals surface area (Å²) in [4.78, 5) is 34.4. The van der Waals surface area contributed by atoms with E-state index >= 15 is 0 Å². The summed E-state index contributed by atoms with van der Waals surface area (Å²) in [5.41, 5.74) is 3.71. The zero-order valence-electron chi connectivity index (χ0n) is 24.6. The number of rotatable bonds is 9. The molecular weight excluding hydrogens is 624 g/mol. The van der Waals surface area contributed by atoms with Crippen LogP contribution in [0.15, 0.2) is 123 Å². The summed E-state index contributed by atoms with van der Waals surface area (Å²) in [5, 5.41) is 0.625. The van der Waals surface area contributed by atoms with Crippen LogP contribution in [-0.2, 0) is 16.1 Å². The first kappa shape index (κ1) is 30.6. The maximum atomic E-state index is 14.3. The second-order valence-corrected chi connectivity index (χ2v) is 12.4. The molecule has 0 spiro atoms. The van der Waals surface area contributed by atoms with Gasteiger partial charge in [-0.1, -0.05) is 102 Å². The maximum Gasteiger partial charge on any atom is 0.338 e. The standard InChI is InChI=1S/C36H29ClN2O4S2/c1-3-42-35(41)31-32(23-11-5-4-6-12-23)38-36-39(33(31)24-17-19-27(44-2)20-18-24)34(40)30(45-36)21-25-13-8-10-16-29(25)43-22-26-14-7-9-15-28(26)37/h4-21,33H,3,22H2,1-2H3/b30-21+/t33-/m1/s1. The Morgan fingerprint density at radius 2 is 1.69 bits per heavy atom. The van der Waals surface area contributed by atoms with Crippen LogP contribution < -0.4 is 19.6 Å². The Kier molecular flexibility index (Phi) is 9.35. The highest BCUT2D eigenvalue weighted by atomic mass is 35.5. The molecule has 0 saturated heterocycles. The van der Waals surface area contributed by atoms with Crippen LogP contribution in [0.5, 0.6) is 5.75 Å². The number of halogens is 1. The molecule has 6 rings (SSSR count). The Bertz CT molecular complexity index is 2070. The van der Waals surface area contributed by atoms with E-state index < -0.39 is 12.0 Å². The van der Waals surface area contributed by atoms with E-state index in [1.807, 2.05) is 115 Å². The van der Waals surface area contributed by atoms with Gasteiger partial charge in [-0.15, -0.1) is 11.8 Å². The molecule has 0 bridgehead atoms. The van der Waals surface area contributed by atoms with Gasteiger partial charge in [-0.2, -0.15) is 0 Å². The van der Waals surface area contributed by atoms with E-state index in [1.165, 1.54) is 11.3 Å². The van der Waals surface area contributed by atoms with Crippen molar-refractivity contribution in [1.29, 1.82) is 0 Å². The Hall–Kier alpha value is -4.37. The first-order chi connectivity index (χ1) is 22.0. The molecule has 0 fully saturated rings. The number of fused-ring (bicyclic) bond motifs is 1. The predicted octanol–water partition coefficient (Wildman–Crippen LogP) is 6.89. The smallest absolute Gasteiger partial charge is 0.338 e. The molecule has 1 atom stereocenters. The lowest BCUT2D eigenvalue weighted by atomic mass is 9.93. The van der Waals surface area contributed by atoms with Crippen molar-refractivity contribution in [3.8, 4) is 5.75 Å². The minimum Gasteiger partial charge on any atom is -0.488 e. The molecule has 1 aliphatic rings. The minimum absolute atomic E-state index is 0.192. The van der Waals surface area contributed by atoms with Crippen molar-refractivity contribution in [2.24, 2.45) is 4.99 Å². The van der Waals surface area contributed by atoms with Gasteiger partial charge in [0.25, 0.3) is 5.56 Å². The molecule has 0 unspecified atom stereocenters. The van der Waals surface area contributed by atoms with Gasteiger partial charge in [0, 0.05) is 26.6 Å². The lowest BCUT2D eigenvalue weighted by Gasteiger charge is -2.26. The lowest BCUT2D eigenvalue weighted by Crippen LogP contribution is -2.40. The van der Waals surface area contributed by atoms with Gasteiger partial charge in [0.1, 0.15) is 12.4 Å². The van der Waals surface area contributed by atoms with Crippen LogP contribution in [-0.4, -0.2) is 23.4 Å². The predicted molar refractivity (Wildman–Crippen MR) is 182 cm³/mol. The topological polar surface area (TPSA) is 69.9 Å². The number of hydrogen-bond acceptors (Lipinski definition) is 7. The first-order valence-electron chi connectivity index (χ1n) is 14.4. The number of benzene rings is 4. The number of carbonyl (C=O) groups excluding carboxylic acids is 1. The van der Waals surface area contributed by atoms with E-state index in [2.05, 4.69) is 0 Å². The van der Waals surface area contributed by atoms with E-state index in [9.17, 15) is 9.59 Å². The highest BCUT2D eigenvalue weighted by Gasteiger charge is 2.35. The number of nitrogens with zero attached hydrogens (tertiary/aromatic N) is 2. The van der Waals surface area contributed by atoms with Crippen molar-refractivity contribution in [1.82, 2.24) is 4.57 Å². The fourth-order valence-corrected chi connectivity index (χ4v) is 6.78. The largest absolute Gasteiger partial charge is 0.488 e. The minimum atomic E-state index is -0.736. The van der Waals surface area contributed by atoms with Crippen LogP contribution in [0.3, 0.4) is 0 Å². The molecular formula is C36H29ClN2O4S2. The summed E-state index contributed by atoms with van der Waals surface area (Å²) >= 11 is 9.25. The third-order valence-corrected chi connectivity index (χ3v) is 9.45. The van der Waals surface area contributed by atoms with Crippen molar-refractivity contribution in [3.05, 3.63) is 156 Å². The molecule has 5 aromatic rings. The highest BCUT2D eigenvalue weighted by molar-refractivity contribution is 7.98. The molecule has 1 aliphatic heterocycles. The SMILES string of the molecule is CCOC(=O)C1=C(c2ccccc2)N=c2s/c(=C/c3ccccc3OCc3ccccc3Cl)c(=O)n2[C@@H]1c1ccc(SC)cc1. The molecule has 6 nitrogen and oxygen atoms in total. The molecule has 9 heteroatoms. The van der Waals surface area contributed by atoms with E-state index in [1.54, 1.807) is 23.3 Å². The van der Waals surface area contributed by atoms with Gasteiger partial charge in [-0.25, -0.2) is 9.79 Å². The monoisotopic (exact) mass is 652 g/mol. The van der Waals surface area contributed by atoms with E-state index in [0.717, 1.165) is 27.1 Å². The molecule has 0 aliphatic carbocycles. The fourth-order valence-electron chi connectivity index (χ4n) is 5.19.